The van der Waals surface area contributed by atoms with Gasteiger partial charge in [0.1, 0.15) is 0 Å². The third kappa shape index (κ3) is 3.29. The van der Waals surface area contributed by atoms with Gasteiger partial charge in [0.2, 0.25) is 0 Å². The molecule has 19 heavy (non-hydrogen) atoms. The van der Waals surface area contributed by atoms with Crippen molar-refractivity contribution in [3.63, 3.8) is 0 Å². The lowest BCUT2D eigenvalue weighted by atomic mass is 9.85. The van der Waals surface area contributed by atoms with Crippen LogP contribution < -0.4 is 5.73 Å². The third-order valence-corrected chi connectivity index (χ3v) is 4.67. The second kappa shape index (κ2) is 5.80. The van der Waals surface area contributed by atoms with Gasteiger partial charge in [-0.15, -0.1) is 0 Å². The van der Waals surface area contributed by atoms with E-state index in [1.54, 1.807) is 0 Å². The highest BCUT2D eigenvalue weighted by Gasteiger charge is 2.33. The summed E-state index contributed by atoms with van der Waals surface area (Å²) in [5.41, 5.74) is 7.38. The number of likely N-dealkylation sites (N-methyl/N-ethyl adjacent to an activating group) is 1. The molecule has 0 bridgehead atoms. The van der Waals surface area contributed by atoms with Gasteiger partial charge < -0.3 is 10.6 Å². The van der Waals surface area contributed by atoms with Crippen LogP contribution in [0.1, 0.15) is 19.4 Å². The van der Waals surface area contributed by atoms with Gasteiger partial charge in [-0.25, -0.2) is 0 Å². The first-order valence-corrected chi connectivity index (χ1v) is 7.26. The quantitative estimate of drug-likeness (QED) is 0.921. The van der Waals surface area contributed by atoms with Crippen LogP contribution in [0.25, 0.3) is 0 Å². The Bertz CT molecular complexity index is 408. The Hall–Kier alpha value is -0.610. The highest BCUT2D eigenvalue weighted by molar-refractivity contribution is 6.30. The summed E-state index contributed by atoms with van der Waals surface area (Å²) in [7, 11) is 2.17. The van der Waals surface area contributed by atoms with Crippen molar-refractivity contribution in [3.8, 4) is 0 Å². The fourth-order valence-corrected chi connectivity index (χ4v) is 2.76. The zero-order valence-electron chi connectivity index (χ0n) is 12.1. The Balaban J connectivity index is 2.12. The summed E-state index contributed by atoms with van der Waals surface area (Å²) in [6.07, 6.45) is 0. The first kappa shape index (κ1) is 14.8. The maximum atomic E-state index is 6.60. The summed E-state index contributed by atoms with van der Waals surface area (Å²) in [5, 5.41) is 0.756. The van der Waals surface area contributed by atoms with Gasteiger partial charge in [-0.05, 0) is 38.6 Å². The van der Waals surface area contributed by atoms with Crippen LogP contribution in [-0.2, 0) is 5.54 Å². The van der Waals surface area contributed by atoms with E-state index in [-0.39, 0.29) is 5.54 Å². The first-order valence-electron chi connectivity index (χ1n) is 6.89. The second-order valence-corrected chi connectivity index (χ2v) is 6.24. The lowest BCUT2D eigenvalue weighted by molar-refractivity contribution is 0.0813. The van der Waals surface area contributed by atoms with Crippen molar-refractivity contribution in [2.45, 2.75) is 25.4 Å². The molecule has 1 saturated heterocycles. The molecule has 3 nitrogen and oxygen atoms in total. The number of hydrogen-bond acceptors (Lipinski definition) is 3. The number of halogens is 1. The van der Waals surface area contributed by atoms with Crippen LogP contribution in [0.15, 0.2) is 24.3 Å². The number of rotatable bonds is 3. The Kier molecular flexibility index (Phi) is 4.51. The highest BCUT2D eigenvalue weighted by atomic mass is 35.5. The number of hydrogen-bond donors (Lipinski definition) is 1. The smallest absolute Gasteiger partial charge is 0.0536 e. The number of benzene rings is 1. The summed E-state index contributed by atoms with van der Waals surface area (Å²) < 4.78 is 0. The van der Waals surface area contributed by atoms with E-state index in [0.29, 0.717) is 6.04 Å². The van der Waals surface area contributed by atoms with E-state index in [9.17, 15) is 0 Å². The van der Waals surface area contributed by atoms with Gasteiger partial charge in [0.15, 0.2) is 0 Å². The fourth-order valence-electron chi connectivity index (χ4n) is 2.64. The Morgan fingerprint density at radius 1 is 1.16 bits per heavy atom. The molecular weight excluding hydrogens is 258 g/mol. The minimum absolute atomic E-state index is 0.308. The summed E-state index contributed by atoms with van der Waals surface area (Å²) in [6, 6.07) is 8.21. The standard InChI is InChI=1S/C15H24ClN3/c1-12(19-10-8-18(3)9-11-19)15(2,17)13-4-6-14(16)7-5-13/h4-7,12H,8-11,17H2,1-3H3. The zero-order valence-corrected chi connectivity index (χ0v) is 12.8. The molecular formula is C15H24ClN3. The minimum atomic E-state index is -0.361. The largest absolute Gasteiger partial charge is 0.320 e. The van der Waals surface area contributed by atoms with E-state index >= 15 is 0 Å². The average Bonchev–Trinajstić information content (AvgIpc) is 2.39. The second-order valence-electron chi connectivity index (χ2n) is 5.80. The predicted octanol–water partition coefficient (Wildman–Crippen LogP) is 2.15. The molecule has 2 unspecified atom stereocenters. The van der Waals surface area contributed by atoms with Crippen LogP contribution in [0, 0.1) is 0 Å². The molecule has 1 fully saturated rings. The van der Waals surface area contributed by atoms with Gasteiger partial charge in [0.25, 0.3) is 0 Å². The first-order chi connectivity index (χ1) is 8.91. The Morgan fingerprint density at radius 2 is 1.68 bits per heavy atom. The summed E-state index contributed by atoms with van der Waals surface area (Å²) >= 11 is 5.95. The molecule has 1 aromatic rings. The molecule has 106 valence electrons. The molecule has 2 N–H and O–H groups in total. The molecule has 2 atom stereocenters. The molecule has 0 aromatic heterocycles. The van der Waals surface area contributed by atoms with E-state index in [4.69, 9.17) is 17.3 Å². The van der Waals surface area contributed by atoms with Gasteiger partial charge >= 0.3 is 0 Å². The highest BCUT2D eigenvalue weighted by Crippen LogP contribution is 2.27. The maximum Gasteiger partial charge on any atom is 0.0536 e. The minimum Gasteiger partial charge on any atom is -0.320 e. The number of piperazine rings is 1. The van der Waals surface area contributed by atoms with Crippen LogP contribution in [-0.4, -0.2) is 49.1 Å². The van der Waals surface area contributed by atoms with Crippen molar-refractivity contribution >= 4 is 11.6 Å². The molecule has 0 aliphatic carbocycles. The molecule has 0 spiro atoms. The van der Waals surface area contributed by atoms with Crippen molar-refractivity contribution in [2.75, 3.05) is 33.2 Å². The van der Waals surface area contributed by atoms with Crippen molar-refractivity contribution in [1.82, 2.24) is 9.80 Å². The van der Waals surface area contributed by atoms with Crippen LogP contribution >= 0.6 is 11.6 Å². The number of nitrogens with two attached hydrogens (primary N) is 1. The van der Waals surface area contributed by atoms with Gasteiger partial charge in [-0.3, -0.25) is 4.90 Å². The van der Waals surface area contributed by atoms with Crippen LogP contribution in [0.3, 0.4) is 0 Å². The number of nitrogens with zero attached hydrogens (tertiary/aromatic N) is 2. The van der Waals surface area contributed by atoms with E-state index in [1.165, 1.54) is 0 Å². The Morgan fingerprint density at radius 3 is 2.21 bits per heavy atom. The molecule has 1 aliphatic heterocycles. The zero-order chi connectivity index (χ0) is 14.0. The van der Waals surface area contributed by atoms with Crippen molar-refractivity contribution in [3.05, 3.63) is 34.9 Å². The lowest BCUT2D eigenvalue weighted by Crippen LogP contribution is -2.57. The van der Waals surface area contributed by atoms with E-state index in [0.717, 1.165) is 36.8 Å². The molecule has 1 heterocycles. The molecule has 2 rings (SSSR count). The normalized spacial score (nSPS) is 23.0. The van der Waals surface area contributed by atoms with Crippen molar-refractivity contribution in [1.29, 1.82) is 0 Å². The van der Waals surface area contributed by atoms with Crippen molar-refractivity contribution in [2.24, 2.45) is 5.73 Å². The van der Waals surface area contributed by atoms with E-state index in [1.807, 2.05) is 24.3 Å². The average molecular weight is 282 g/mol. The van der Waals surface area contributed by atoms with E-state index < -0.39 is 0 Å². The summed E-state index contributed by atoms with van der Waals surface area (Å²) in [5.74, 6) is 0. The molecule has 1 aromatic carbocycles. The summed E-state index contributed by atoms with van der Waals surface area (Å²) in [6.45, 7) is 8.72. The monoisotopic (exact) mass is 281 g/mol. The molecule has 0 amide bonds. The van der Waals surface area contributed by atoms with Crippen LogP contribution in [0.2, 0.25) is 5.02 Å². The van der Waals surface area contributed by atoms with Gasteiger partial charge in [-0.1, -0.05) is 23.7 Å². The molecule has 1 aliphatic rings. The van der Waals surface area contributed by atoms with Gasteiger partial charge in [-0.2, -0.15) is 0 Å². The molecule has 4 heteroatoms. The third-order valence-electron chi connectivity index (χ3n) is 4.42. The summed E-state index contributed by atoms with van der Waals surface area (Å²) in [4.78, 5) is 4.84. The van der Waals surface area contributed by atoms with Crippen LogP contribution in [0.4, 0.5) is 0 Å². The molecule has 0 radical (unpaired) electrons. The van der Waals surface area contributed by atoms with Crippen LogP contribution in [0.5, 0.6) is 0 Å². The predicted molar refractivity (Wildman–Crippen MR) is 81.5 cm³/mol. The fraction of sp³-hybridized carbons (Fsp3) is 0.600. The van der Waals surface area contributed by atoms with Gasteiger partial charge in [0, 0.05) is 37.2 Å². The van der Waals surface area contributed by atoms with Gasteiger partial charge in [0.05, 0.1) is 5.54 Å². The molecule has 0 saturated carbocycles. The Labute approximate surface area is 121 Å². The van der Waals surface area contributed by atoms with E-state index in [2.05, 4.69) is 30.7 Å². The SMILES string of the molecule is CC(N1CCN(C)CC1)C(C)(N)c1ccc(Cl)cc1. The van der Waals surface area contributed by atoms with Crippen molar-refractivity contribution < 1.29 is 0 Å². The maximum absolute atomic E-state index is 6.60. The topological polar surface area (TPSA) is 32.5 Å². The lowest BCUT2D eigenvalue weighted by Gasteiger charge is -2.43.